The zero-order valence-electron chi connectivity index (χ0n) is 25.0. The van der Waals surface area contributed by atoms with Crippen LogP contribution in [0.25, 0.3) is 5.69 Å². The molecule has 3 rings (SSSR count). The van der Waals surface area contributed by atoms with E-state index >= 15 is 0 Å². The van der Waals surface area contributed by atoms with Crippen molar-refractivity contribution in [2.75, 3.05) is 32.6 Å². The third-order valence-electron chi connectivity index (χ3n) is 7.75. The van der Waals surface area contributed by atoms with Gasteiger partial charge < -0.3 is 19.8 Å². The lowest BCUT2D eigenvalue weighted by atomic mass is 9.97. The second kappa shape index (κ2) is 12.4. The molecule has 1 saturated heterocycles. The fourth-order valence-electron chi connectivity index (χ4n) is 5.21. The van der Waals surface area contributed by atoms with E-state index < -0.39 is 64.0 Å². The highest BCUT2D eigenvalue weighted by Crippen LogP contribution is 2.33. The van der Waals surface area contributed by atoms with Crippen molar-refractivity contribution >= 4 is 29.5 Å². The van der Waals surface area contributed by atoms with E-state index in [1.165, 1.54) is 0 Å². The summed E-state index contributed by atoms with van der Waals surface area (Å²) in [6.45, 7) is 8.67. The van der Waals surface area contributed by atoms with Crippen LogP contribution in [0.5, 0.6) is 0 Å². The summed E-state index contributed by atoms with van der Waals surface area (Å²) >= 11 is 0. The third kappa shape index (κ3) is 5.82. The highest BCUT2D eigenvalue weighted by atomic mass is 16.5. The summed E-state index contributed by atoms with van der Waals surface area (Å²) in [6, 6.07) is 2.97. The first-order chi connectivity index (χ1) is 19.2. The molecule has 2 heterocycles. The fraction of sp³-hybridized carbons (Fsp3) is 0.571. The van der Waals surface area contributed by atoms with E-state index in [-0.39, 0.29) is 12.5 Å². The molecule has 1 unspecified atom stereocenters. The molecule has 1 fully saturated rings. The summed E-state index contributed by atoms with van der Waals surface area (Å²) in [6.07, 6.45) is -0.0284. The van der Waals surface area contributed by atoms with Gasteiger partial charge in [0.2, 0.25) is 5.78 Å². The number of anilines is 1. The minimum absolute atomic E-state index is 0.123. The summed E-state index contributed by atoms with van der Waals surface area (Å²) in [5, 5.41) is 4.09. The van der Waals surface area contributed by atoms with E-state index in [1.807, 2.05) is 19.0 Å². The van der Waals surface area contributed by atoms with Gasteiger partial charge in [-0.05, 0) is 43.0 Å². The Morgan fingerprint density at radius 2 is 1.71 bits per heavy atom. The molecule has 0 bridgehead atoms. The average molecular weight is 574 g/mol. The Labute approximate surface area is 239 Å². The predicted octanol–water partition coefficient (Wildman–Crippen LogP) is 2.80. The van der Waals surface area contributed by atoms with Crippen LogP contribution in [0.3, 0.4) is 0 Å². The molecule has 1 aliphatic heterocycles. The Kier molecular flexibility index (Phi) is 9.54. The molecule has 4 amide bonds. The number of quaternary nitrogens is 1. The van der Waals surface area contributed by atoms with Crippen LogP contribution in [0.4, 0.5) is 15.3 Å². The molecule has 1 aromatic heterocycles. The molecule has 0 spiro atoms. The lowest BCUT2D eigenvalue weighted by molar-refractivity contribution is -0.788. The van der Waals surface area contributed by atoms with Gasteiger partial charge in [-0.15, -0.1) is 5.10 Å². The number of ketones is 1. The van der Waals surface area contributed by atoms with Gasteiger partial charge in [0, 0.05) is 32.6 Å². The first-order valence-electron chi connectivity index (χ1n) is 13.7. The summed E-state index contributed by atoms with van der Waals surface area (Å²) in [5.41, 5.74) is 7.48. The molecule has 13 heteroatoms. The monoisotopic (exact) mass is 573 g/mol. The van der Waals surface area contributed by atoms with Gasteiger partial charge in [-0.2, -0.15) is 14.1 Å². The van der Waals surface area contributed by atoms with E-state index in [0.29, 0.717) is 23.4 Å². The fourth-order valence-corrected chi connectivity index (χ4v) is 5.21. The molecule has 2 aromatic rings. The molecule has 1 aromatic carbocycles. The molecular weight excluding hydrogens is 532 g/mol. The van der Waals surface area contributed by atoms with Crippen LogP contribution in [0, 0.1) is 11.8 Å². The number of rotatable bonds is 8. The molecule has 0 radical (unpaired) electrons. The van der Waals surface area contributed by atoms with Crippen LogP contribution < -0.4 is 16.4 Å². The molecule has 0 saturated carbocycles. The number of hydrogen-bond donors (Lipinski definition) is 1. The quantitative estimate of drug-likeness (QED) is 0.368. The number of hydrogen-bond acceptors (Lipinski definition) is 10. The summed E-state index contributed by atoms with van der Waals surface area (Å²) in [4.78, 5) is 70.5. The second-order valence-corrected chi connectivity index (χ2v) is 11.4. The van der Waals surface area contributed by atoms with E-state index in [1.54, 1.807) is 58.9 Å². The van der Waals surface area contributed by atoms with Crippen LogP contribution >= 0.6 is 0 Å². The van der Waals surface area contributed by atoms with Gasteiger partial charge in [-0.3, -0.25) is 4.79 Å². The first kappa shape index (κ1) is 31.7. The average Bonchev–Trinajstić information content (AvgIpc) is 3.52. The second-order valence-electron chi connectivity index (χ2n) is 11.4. The smallest absolute Gasteiger partial charge is 0.442 e. The minimum atomic E-state index is -1.48. The van der Waals surface area contributed by atoms with Gasteiger partial charge in [0.05, 0.1) is 19.3 Å². The number of imide groups is 2. The summed E-state index contributed by atoms with van der Waals surface area (Å²) in [7, 11) is 4.82. The number of carbonyl (C=O) groups excluding carboxylic acids is 4. The van der Waals surface area contributed by atoms with Crippen molar-refractivity contribution in [3.05, 3.63) is 40.7 Å². The Bertz CT molecular complexity index is 1350. The molecule has 13 nitrogen and oxygen atoms in total. The molecule has 2 N–H and O–H groups in total. The standard InChI is InChI=1S/C28H41N6O7/c1-16(2)21(29)25(36)34(15-9-10-18(34)5)26(37)32(27(38)40-8)22(17(3)4)23(35)24-30-33(28(39)41-24)20-13-11-19(12-14-20)31(6)7/h11-14,16-18,21-22H,9-10,15,29H2,1-8H3/q+1/t18-,21+,22+,34?/m1/s1. The Morgan fingerprint density at radius 1 is 1.10 bits per heavy atom. The summed E-state index contributed by atoms with van der Waals surface area (Å²) in [5.74, 6) is -3.84. The normalized spacial score (nSPS) is 20.1. The van der Waals surface area contributed by atoms with E-state index in [4.69, 9.17) is 14.9 Å². The van der Waals surface area contributed by atoms with Gasteiger partial charge >= 0.3 is 23.8 Å². The maximum Gasteiger partial charge on any atom is 0.442 e. The van der Waals surface area contributed by atoms with Crippen molar-refractivity contribution in [1.82, 2.24) is 14.7 Å². The molecule has 41 heavy (non-hydrogen) atoms. The van der Waals surface area contributed by atoms with Crippen LogP contribution in [0.2, 0.25) is 0 Å². The number of aromatic nitrogens is 2. The van der Waals surface area contributed by atoms with E-state index in [0.717, 1.165) is 17.5 Å². The summed E-state index contributed by atoms with van der Waals surface area (Å²) < 4.78 is 10.4. The number of benzene rings is 1. The van der Waals surface area contributed by atoms with Crippen molar-refractivity contribution in [2.24, 2.45) is 17.6 Å². The Balaban J connectivity index is 2.09. The number of nitrogens with two attached hydrogens (primary N) is 1. The van der Waals surface area contributed by atoms with E-state index in [2.05, 4.69) is 5.10 Å². The van der Waals surface area contributed by atoms with Crippen molar-refractivity contribution in [2.45, 2.75) is 65.6 Å². The predicted molar refractivity (Wildman–Crippen MR) is 151 cm³/mol. The van der Waals surface area contributed by atoms with Crippen LogP contribution in [-0.2, 0) is 9.53 Å². The number of ether oxygens (including phenoxy) is 1. The Hall–Kier alpha value is -3.84. The number of likely N-dealkylation sites (tertiary alicyclic amines) is 1. The lowest BCUT2D eigenvalue weighted by Crippen LogP contribution is -2.70. The maximum absolute atomic E-state index is 14.4. The van der Waals surface area contributed by atoms with E-state index in [9.17, 15) is 24.0 Å². The number of carbonyl (C=O) groups is 4. The topological polar surface area (TPSA) is 158 Å². The molecule has 0 aliphatic carbocycles. The third-order valence-corrected chi connectivity index (χ3v) is 7.75. The zero-order chi connectivity index (χ0) is 30.8. The molecule has 4 atom stereocenters. The first-order valence-corrected chi connectivity index (χ1v) is 13.7. The zero-order valence-corrected chi connectivity index (χ0v) is 25.0. The SMILES string of the molecule is COC(=O)N(C(=O)[N+]1(C(=O)[C@@H](N)C(C)C)CCC[C@H]1C)[C@H](C(=O)c1nn(-c2ccc(N(C)C)cc2)c(=O)o1)C(C)C. The van der Waals surface area contributed by atoms with Gasteiger partial charge in [-0.25, -0.2) is 19.2 Å². The maximum atomic E-state index is 14.4. The number of methoxy groups -OCH3 is 1. The van der Waals surface area contributed by atoms with Crippen molar-refractivity contribution in [3.63, 3.8) is 0 Å². The van der Waals surface area contributed by atoms with Crippen LogP contribution in [0.1, 0.15) is 58.1 Å². The van der Waals surface area contributed by atoms with Crippen molar-refractivity contribution in [1.29, 1.82) is 0 Å². The number of urea groups is 1. The van der Waals surface area contributed by atoms with Crippen LogP contribution in [-0.4, -0.2) is 88.9 Å². The lowest BCUT2D eigenvalue weighted by Gasteiger charge is -2.40. The highest BCUT2D eigenvalue weighted by Gasteiger charge is 2.59. The van der Waals surface area contributed by atoms with Gasteiger partial charge in [0.1, 0.15) is 18.1 Å². The van der Waals surface area contributed by atoms with Gasteiger partial charge in [0.15, 0.2) is 0 Å². The van der Waals surface area contributed by atoms with Gasteiger partial charge in [-0.1, -0.05) is 27.7 Å². The number of nitrogens with zero attached hydrogens (tertiary/aromatic N) is 5. The molecule has 224 valence electrons. The minimum Gasteiger partial charge on any atom is -0.452 e. The Morgan fingerprint density at radius 3 is 2.17 bits per heavy atom. The number of Topliss-reactive ketones (excluding diaryl/α,β-unsaturated/α-hetero) is 1. The van der Waals surface area contributed by atoms with Crippen LogP contribution in [0.15, 0.2) is 33.5 Å². The number of amides is 4. The largest absolute Gasteiger partial charge is 0.452 e. The van der Waals surface area contributed by atoms with Crippen molar-refractivity contribution < 1.29 is 32.8 Å². The van der Waals surface area contributed by atoms with Gasteiger partial charge in [0.25, 0.3) is 5.89 Å². The molecule has 1 aliphatic rings. The highest BCUT2D eigenvalue weighted by molar-refractivity contribution is 6.03. The van der Waals surface area contributed by atoms with Crippen molar-refractivity contribution in [3.8, 4) is 5.69 Å². The molecular formula is C28H41N6O7+.